The molecule has 8 heteroatoms. The monoisotopic (exact) mass is 552 g/mol. The van der Waals surface area contributed by atoms with Crippen molar-refractivity contribution in [1.29, 1.82) is 0 Å². The van der Waals surface area contributed by atoms with Crippen molar-refractivity contribution in [3.8, 4) is 12.3 Å². The first-order valence-electron chi connectivity index (χ1n) is 14.5. The third-order valence-electron chi connectivity index (χ3n) is 7.85. The molecule has 0 unspecified atom stereocenters. The fourth-order valence-corrected chi connectivity index (χ4v) is 5.74. The van der Waals surface area contributed by atoms with E-state index in [4.69, 9.17) is 20.6 Å². The van der Waals surface area contributed by atoms with Crippen LogP contribution < -0.4 is 5.32 Å². The molecule has 0 saturated carbocycles. The molecule has 1 aromatic carbocycles. The number of amides is 2. The molecule has 0 bridgehead atoms. The number of hydrogen-bond donors (Lipinski definition) is 1. The van der Waals surface area contributed by atoms with Gasteiger partial charge < -0.3 is 24.4 Å². The quantitative estimate of drug-likeness (QED) is 0.197. The van der Waals surface area contributed by atoms with Gasteiger partial charge in [-0.3, -0.25) is 14.4 Å². The van der Waals surface area contributed by atoms with Gasteiger partial charge in [0.15, 0.2) is 0 Å². The van der Waals surface area contributed by atoms with E-state index in [1.807, 2.05) is 43.3 Å². The van der Waals surface area contributed by atoms with E-state index >= 15 is 0 Å². The molecule has 40 heavy (non-hydrogen) atoms. The van der Waals surface area contributed by atoms with Gasteiger partial charge in [0.1, 0.15) is 11.5 Å². The van der Waals surface area contributed by atoms with Crippen LogP contribution in [-0.4, -0.2) is 61.7 Å². The second-order valence-electron chi connectivity index (χ2n) is 10.7. The predicted octanol–water partition coefficient (Wildman–Crippen LogP) is 4.38. The molecular formula is C32H44N2O6. The third-order valence-corrected chi connectivity index (χ3v) is 7.85. The molecular weight excluding hydrogens is 508 g/mol. The molecule has 1 N–H and O–H groups in total. The van der Waals surface area contributed by atoms with Gasteiger partial charge >= 0.3 is 5.97 Å². The molecule has 218 valence electrons. The van der Waals surface area contributed by atoms with Crippen LogP contribution in [0.4, 0.5) is 0 Å². The van der Waals surface area contributed by atoms with Crippen LogP contribution in [0.3, 0.4) is 0 Å². The average Bonchev–Trinajstić information content (AvgIpc) is 2.96. The van der Waals surface area contributed by atoms with Crippen LogP contribution in [-0.2, 0) is 35.2 Å². The fourth-order valence-electron chi connectivity index (χ4n) is 5.74. The van der Waals surface area contributed by atoms with Crippen LogP contribution in [0.2, 0.25) is 0 Å². The van der Waals surface area contributed by atoms with Crippen LogP contribution in [0.1, 0.15) is 70.8 Å². The number of piperidine rings is 1. The summed E-state index contributed by atoms with van der Waals surface area (Å²) in [5.41, 5.74) is 0.439. The summed E-state index contributed by atoms with van der Waals surface area (Å²) < 4.78 is 17.6. The van der Waals surface area contributed by atoms with E-state index < -0.39 is 29.5 Å². The zero-order valence-corrected chi connectivity index (χ0v) is 24.2. The molecule has 0 radical (unpaired) electrons. The normalized spacial score (nSPS) is 24.1. The summed E-state index contributed by atoms with van der Waals surface area (Å²) in [6, 6.07) is 9.86. The number of fused-ring (bicyclic) bond motifs is 1. The molecule has 4 atom stereocenters. The molecule has 1 saturated heterocycles. The Balaban J connectivity index is 1.87. The Morgan fingerprint density at radius 2 is 1.90 bits per heavy atom. The van der Waals surface area contributed by atoms with E-state index in [0.717, 1.165) is 37.7 Å². The lowest BCUT2D eigenvalue weighted by molar-refractivity contribution is -0.178. The maximum Gasteiger partial charge on any atom is 0.320 e. The van der Waals surface area contributed by atoms with Crippen LogP contribution in [0.15, 0.2) is 42.1 Å². The Bertz CT molecular complexity index is 1060. The molecule has 2 heterocycles. The number of hydrogen-bond acceptors (Lipinski definition) is 6. The third kappa shape index (κ3) is 7.74. The van der Waals surface area contributed by atoms with E-state index in [1.54, 1.807) is 4.90 Å². The molecule has 2 aliphatic heterocycles. The minimum absolute atomic E-state index is 0.0596. The first-order valence-corrected chi connectivity index (χ1v) is 14.5. The van der Waals surface area contributed by atoms with Gasteiger partial charge in [0.05, 0.1) is 33.0 Å². The lowest BCUT2D eigenvalue weighted by Gasteiger charge is -2.51. The fraction of sp³-hybridized carbons (Fsp3) is 0.594. The minimum Gasteiger partial charge on any atom is -0.468 e. The van der Waals surface area contributed by atoms with Gasteiger partial charge in [-0.1, -0.05) is 75.3 Å². The smallest absolute Gasteiger partial charge is 0.320 e. The van der Waals surface area contributed by atoms with Crippen LogP contribution in [0.25, 0.3) is 0 Å². The first-order chi connectivity index (χ1) is 19.4. The second-order valence-corrected chi connectivity index (χ2v) is 10.7. The zero-order chi connectivity index (χ0) is 29.0. The maximum absolute atomic E-state index is 13.9. The summed E-state index contributed by atoms with van der Waals surface area (Å²) in [7, 11) is 1.35. The summed E-state index contributed by atoms with van der Waals surface area (Å²) in [6.07, 6.45) is 12.5. The summed E-state index contributed by atoms with van der Waals surface area (Å²) >= 11 is 0. The average molecular weight is 553 g/mol. The number of nitrogens with zero attached hydrogens (tertiary/aromatic N) is 1. The Kier molecular flexibility index (Phi) is 12.2. The SMILES string of the molecule is C#CCNC(=O)C[C@H]1C[C@]2(C(=O)OC)C(=C[C@@H](COCc3ccccc3)O[C@H]2C)N(CCCCCCCC)C1=O. The first kappa shape index (κ1) is 31.4. The topological polar surface area (TPSA) is 94.2 Å². The molecule has 2 amide bonds. The van der Waals surface area contributed by atoms with E-state index in [1.165, 1.54) is 13.5 Å². The van der Waals surface area contributed by atoms with Gasteiger partial charge in [-0.05, 0) is 31.4 Å². The van der Waals surface area contributed by atoms with Crippen molar-refractivity contribution in [2.75, 3.05) is 26.8 Å². The van der Waals surface area contributed by atoms with Crippen LogP contribution >= 0.6 is 0 Å². The lowest BCUT2D eigenvalue weighted by atomic mass is 9.66. The highest BCUT2D eigenvalue weighted by Crippen LogP contribution is 2.50. The number of likely N-dealkylation sites (tertiary alicyclic amines) is 1. The van der Waals surface area contributed by atoms with Crippen molar-refractivity contribution in [1.82, 2.24) is 10.2 Å². The highest BCUT2D eigenvalue weighted by molar-refractivity contribution is 5.92. The number of terminal acetylenes is 1. The molecule has 2 aliphatic rings. The van der Waals surface area contributed by atoms with E-state index in [9.17, 15) is 14.4 Å². The van der Waals surface area contributed by atoms with Crippen molar-refractivity contribution < 1.29 is 28.6 Å². The van der Waals surface area contributed by atoms with Gasteiger partial charge in [-0.15, -0.1) is 6.42 Å². The van der Waals surface area contributed by atoms with Gasteiger partial charge in [0.2, 0.25) is 11.8 Å². The van der Waals surface area contributed by atoms with E-state index in [0.29, 0.717) is 18.8 Å². The molecule has 0 aromatic heterocycles. The standard InChI is InChI=1S/C32H44N2O6/c1-5-7-8-9-10-14-18-34-28-20-27(23-39-22-25-15-12-11-13-16-25)40-24(3)32(28,31(37)38-4)21-26(30(34)36)19-29(35)33-17-6-2/h2,11-13,15-16,20,24,26-27H,5,7-10,14,17-19,21-23H2,1,3-4H3,(H,33,35)/t24-,26-,27-,32+/m0/s1. The summed E-state index contributed by atoms with van der Waals surface area (Å²) in [4.78, 5) is 41.7. The van der Waals surface area contributed by atoms with E-state index in [-0.39, 0.29) is 37.8 Å². The predicted molar refractivity (Wildman–Crippen MR) is 153 cm³/mol. The molecule has 1 fully saturated rings. The molecule has 1 aromatic rings. The number of ether oxygens (including phenoxy) is 3. The number of rotatable bonds is 15. The summed E-state index contributed by atoms with van der Waals surface area (Å²) in [6.45, 7) is 5.26. The molecule has 3 rings (SSSR count). The van der Waals surface area contributed by atoms with Crippen molar-refractivity contribution >= 4 is 17.8 Å². The maximum atomic E-state index is 13.9. The van der Waals surface area contributed by atoms with Gasteiger partial charge in [0, 0.05) is 24.6 Å². The zero-order valence-electron chi connectivity index (χ0n) is 24.2. The summed E-state index contributed by atoms with van der Waals surface area (Å²) in [5.74, 6) is 0.732. The second kappa shape index (κ2) is 15.6. The van der Waals surface area contributed by atoms with Gasteiger partial charge in [0.25, 0.3) is 0 Å². The van der Waals surface area contributed by atoms with Crippen LogP contribution in [0, 0.1) is 23.7 Å². The Labute approximate surface area is 238 Å². The van der Waals surface area contributed by atoms with Crippen LogP contribution in [0.5, 0.6) is 0 Å². The lowest BCUT2D eigenvalue weighted by Crippen LogP contribution is -2.60. The Morgan fingerprint density at radius 1 is 1.18 bits per heavy atom. The number of unbranched alkanes of at least 4 members (excludes halogenated alkanes) is 5. The molecule has 0 spiro atoms. The summed E-state index contributed by atoms with van der Waals surface area (Å²) in [5, 5.41) is 2.65. The number of esters is 1. The van der Waals surface area contributed by atoms with Crippen molar-refractivity contribution in [2.24, 2.45) is 11.3 Å². The minimum atomic E-state index is -1.21. The number of carbonyl (C=O) groups excluding carboxylic acids is 3. The van der Waals surface area contributed by atoms with E-state index in [2.05, 4.69) is 18.2 Å². The largest absolute Gasteiger partial charge is 0.468 e. The highest BCUT2D eigenvalue weighted by Gasteiger charge is 2.59. The van der Waals surface area contributed by atoms with Crippen molar-refractivity contribution in [3.63, 3.8) is 0 Å². The van der Waals surface area contributed by atoms with Crippen molar-refractivity contribution in [2.45, 2.75) is 84.0 Å². The highest BCUT2D eigenvalue weighted by atomic mass is 16.5. The molecule has 0 aliphatic carbocycles. The number of methoxy groups -OCH3 is 1. The Morgan fingerprint density at radius 3 is 2.60 bits per heavy atom. The van der Waals surface area contributed by atoms with Gasteiger partial charge in [-0.25, -0.2) is 0 Å². The number of benzene rings is 1. The number of nitrogens with one attached hydrogen (secondary N) is 1. The molecule has 8 nitrogen and oxygen atoms in total. The number of carbonyl (C=O) groups is 3. The van der Waals surface area contributed by atoms with Gasteiger partial charge in [-0.2, -0.15) is 0 Å². The Hall–Kier alpha value is -3.15. The van der Waals surface area contributed by atoms with Crippen molar-refractivity contribution in [3.05, 3.63) is 47.7 Å².